The van der Waals surface area contributed by atoms with Gasteiger partial charge in [0.1, 0.15) is 11.9 Å². The SMILES string of the molecule is CCOC(=O)Cc1nc2cc(-c3ccccc3)ccc2o1. The molecule has 3 rings (SSSR count). The number of rotatable bonds is 4. The Morgan fingerprint density at radius 1 is 1.14 bits per heavy atom. The van der Waals surface area contributed by atoms with E-state index in [1.807, 2.05) is 48.5 Å². The maximum Gasteiger partial charge on any atom is 0.315 e. The summed E-state index contributed by atoms with van der Waals surface area (Å²) in [6.45, 7) is 2.13. The number of carbonyl (C=O) groups excluding carboxylic acids is 1. The molecular formula is C17H15NO3. The zero-order valence-electron chi connectivity index (χ0n) is 11.7. The summed E-state index contributed by atoms with van der Waals surface area (Å²) in [5.74, 6) is 0.0565. The lowest BCUT2D eigenvalue weighted by Gasteiger charge is -1.99. The second-order valence-electron chi connectivity index (χ2n) is 4.64. The van der Waals surface area contributed by atoms with E-state index in [4.69, 9.17) is 9.15 Å². The predicted molar refractivity (Wildman–Crippen MR) is 79.8 cm³/mol. The van der Waals surface area contributed by atoms with E-state index in [1.54, 1.807) is 6.92 Å². The first kappa shape index (κ1) is 13.4. The molecule has 0 aliphatic heterocycles. The standard InChI is InChI=1S/C17H15NO3/c1-2-20-17(19)11-16-18-14-10-13(8-9-15(14)21-16)12-6-4-3-5-7-12/h3-10H,2,11H2,1H3. The van der Waals surface area contributed by atoms with Crippen molar-refractivity contribution >= 4 is 17.1 Å². The molecule has 0 radical (unpaired) electrons. The maximum atomic E-state index is 11.5. The Bertz CT molecular complexity index is 762. The predicted octanol–water partition coefficient (Wildman–Crippen LogP) is 3.60. The van der Waals surface area contributed by atoms with Gasteiger partial charge in [0.15, 0.2) is 5.58 Å². The van der Waals surface area contributed by atoms with E-state index >= 15 is 0 Å². The van der Waals surface area contributed by atoms with Gasteiger partial charge >= 0.3 is 5.97 Å². The Hall–Kier alpha value is -2.62. The first-order valence-electron chi connectivity index (χ1n) is 6.87. The van der Waals surface area contributed by atoms with Crippen LogP contribution in [0.1, 0.15) is 12.8 Å². The van der Waals surface area contributed by atoms with Crippen molar-refractivity contribution in [2.45, 2.75) is 13.3 Å². The smallest absolute Gasteiger partial charge is 0.315 e. The fourth-order valence-corrected chi connectivity index (χ4v) is 2.20. The lowest BCUT2D eigenvalue weighted by molar-refractivity contribution is -0.142. The normalized spacial score (nSPS) is 10.7. The molecule has 0 aliphatic carbocycles. The van der Waals surface area contributed by atoms with E-state index in [2.05, 4.69) is 4.98 Å². The van der Waals surface area contributed by atoms with Crippen molar-refractivity contribution in [2.75, 3.05) is 6.61 Å². The van der Waals surface area contributed by atoms with Crippen LogP contribution in [0.2, 0.25) is 0 Å². The molecule has 3 aromatic rings. The van der Waals surface area contributed by atoms with Gasteiger partial charge < -0.3 is 9.15 Å². The van der Waals surface area contributed by atoms with Crippen LogP contribution < -0.4 is 0 Å². The lowest BCUT2D eigenvalue weighted by Crippen LogP contribution is -2.07. The molecule has 0 saturated carbocycles. The Kier molecular flexibility index (Phi) is 3.69. The van der Waals surface area contributed by atoms with Crippen LogP contribution in [-0.2, 0) is 16.0 Å². The van der Waals surface area contributed by atoms with E-state index in [1.165, 1.54) is 0 Å². The zero-order chi connectivity index (χ0) is 14.7. The van der Waals surface area contributed by atoms with Gasteiger partial charge in [-0.05, 0) is 30.2 Å². The van der Waals surface area contributed by atoms with E-state index < -0.39 is 0 Å². The third-order valence-corrected chi connectivity index (χ3v) is 3.14. The molecule has 0 amide bonds. The van der Waals surface area contributed by atoms with Crippen molar-refractivity contribution in [1.82, 2.24) is 4.98 Å². The van der Waals surface area contributed by atoms with Crippen LogP contribution in [0.25, 0.3) is 22.2 Å². The van der Waals surface area contributed by atoms with Crippen LogP contribution in [0, 0.1) is 0 Å². The fourth-order valence-electron chi connectivity index (χ4n) is 2.20. The van der Waals surface area contributed by atoms with Crippen LogP contribution >= 0.6 is 0 Å². The van der Waals surface area contributed by atoms with E-state index in [0.29, 0.717) is 18.1 Å². The van der Waals surface area contributed by atoms with Crippen LogP contribution in [-0.4, -0.2) is 17.6 Å². The molecule has 4 heteroatoms. The summed E-state index contributed by atoms with van der Waals surface area (Å²) >= 11 is 0. The molecular weight excluding hydrogens is 266 g/mol. The van der Waals surface area contributed by atoms with Gasteiger partial charge in [-0.3, -0.25) is 4.79 Å². The van der Waals surface area contributed by atoms with Gasteiger partial charge in [-0.1, -0.05) is 36.4 Å². The quantitative estimate of drug-likeness (QED) is 0.686. The summed E-state index contributed by atoms with van der Waals surface area (Å²) in [4.78, 5) is 15.8. The van der Waals surface area contributed by atoms with Crippen molar-refractivity contribution in [2.24, 2.45) is 0 Å². The number of fused-ring (bicyclic) bond motifs is 1. The third-order valence-electron chi connectivity index (χ3n) is 3.14. The van der Waals surface area contributed by atoms with E-state index in [0.717, 1.165) is 16.6 Å². The average molecular weight is 281 g/mol. The summed E-state index contributed by atoms with van der Waals surface area (Å²) in [5.41, 5.74) is 3.61. The number of aromatic nitrogens is 1. The van der Waals surface area contributed by atoms with Gasteiger partial charge in [-0.2, -0.15) is 0 Å². The van der Waals surface area contributed by atoms with Crippen molar-refractivity contribution in [3.05, 3.63) is 54.4 Å². The highest BCUT2D eigenvalue weighted by atomic mass is 16.5. The molecule has 0 spiro atoms. The van der Waals surface area contributed by atoms with Crippen LogP contribution in [0.5, 0.6) is 0 Å². The highest BCUT2D eigenvalue weighted by Crippen LogP contribution is 2.24. The van der Waals surface area contributed by atoms with Crippen LogP contribution in [0.15, 0.2) is 52.9 Å². The lowest BCUT2D eigenvalue weighted by atomic mass is 10.1. The van der Waals surface area contributed by atoms with Crippen molar-refractivity contribution in [1.29, 1.82) is 0 Å². The molecule has 106 valence electrons. The van der Waals surface area contributed by atoms with Gasteiger partial charge in [0.2, 0.25) is 5.89 Å². The first-order chi connectivity index (χ1) is 10.3. The van der Waals surface area contributed by atoms with E-state index in [-0.39, 0.29) is 12.4 Å². The van der Waals surface area contributed by atoms with Crippen molar-refractivity contribution in [3.8, 4) is 11.1 Å². The minimum absolute atomic E-state index is 0.0587. The van der Waals surface area contributed by atoms with Gasteiger partial charge in [0.05, 0.1) is 6.61 Å². The van der Waals surface area contributed by atoms with Gasteiger partial charge in [0.25, 0.3) is 0 Å². The number of hydrogen-bond donors (Lipinski definition) is 0. The number of oxazole rings is 1. The monoisotopic (exact) mass is 281 g/mol. The number of nitrogens with zero attached hydrogens (tertiary/aromatic N) is 1. The second-order valence-corrected chi connectivity index (χ2v) is 4.64. The fraction of sp³-hybridized carbons (Fsp3) is 0.176. The van der Waals surface area contributed by atoms with Crippen LogP contribution in [0.4, 0.5) is 0 Å². The molecule has 4 nitrogen and oxygen atoms in total. The van der Waals surface area contributed by atoms with E-state index in [9.17, 15) is 4.79 Å². The molecule has 0 unspecified atom stereocenters. The largest absolute Gasteiger partial charge is 0.466 e. The summed E-state index contributed by atoms with van der Waals surface area (Å²) in [6, 6.07) is 15.9. The number of ether oxygens (including phenoxy) is 1. The average Bonchev–Trinajstić information content (AvgIpc) is 2.89. The highest BCUT2D eigenvalue weighted by molar-refractivity contribution is 5.81. The first-order valence-corrected chi connectivity index (χ1v) is 6.87. The second kappa shape index (κ2) is 5.79. The summed E-state index contributed by atoms with van der Waals surface area (Å²) in [6.07, 6.45) is 0.0587. The molecule has 1 aromatic heterocycles. The summed E-state index contributed by atoms with van der Waals surface area (Å²) < 4.78 is 10.5. The minimum Gasteiger partial charge on any atom is -0.466 e. The van der Waals surface area contributed by atoms with Gasteiger partial charge in [-0.25, -0.2) is 4.98 Å². The summed E-state index contributed by atoms with van der Waals surface area (Å²) in [5, 5.41) is 0. The number of carbonyl (C=O) groups is 1. The molecule has 0 fully saturated rings. The topological polar surface area (TPSA) is 52.3 Å². The van der Waals surface area contributed by atoms with Crippen molar-refractivity contribution in [3.63, 3.8) is 0 Å². The minimum atomic E-state index is -0.327. The van der Waals surface area contributed by atoms with Crippen molar-refractivity contribution < 1.29 is 13.9 Å². The number of esters is 1. The molecule has 0 bridgehead atoms. The van der Waals surface area contributed by atoms with Crippen LogP contribution in [0.3, 0.4) is 0 Å². The Labute approximate surface area is 122 Å². The Balaban J connectivity index is 1.90. The molecule has 0 atom stereocenters. The number of benzene rings is 2. The Morgan fingerprint density at radius 2 is 1.95 bits per heavy atom. The zero-order valence-corrected chi connectivity index (χ0v) is 11.7. The molecule has 1 heterocycles. The third kappa shape index (κ3) is 2.94. The molecule has 0 N–H and O–H groups in total. The van der Waals surface area contributed by atoms with Gasteiger partial charge in [0, 0.05) is 0 Å². The molecule has 21 heavy (non-hydrogen) atoms. The highest BCUT2D eigenvalue weighted by Gasteiger charge is 2.12. The summed E-state index contributed by atoms with van der Waals surface area (Å²) in [7, 11) is 0. The maximum absolute atomic E-state index is 11.5. The molecule has 0 saturated heterocycles. The number of hydrogen-bond acceptors (Lipinski definition) is 4. The molecule has 0 aliphatic rings. The van der Waals surface area contributed by atoms with Gasteiger partial charge in [-0.15, -0.1) is 0 Å². The Morgan fingerprint density at radius 3 is 2.71 bits per heavy atom. The molecule has 2 aromatic carbocycles.